The van der Waals surface area contributed by atoms with Crippen molar-refractivity contribution in [2.24, 2.45) is 0 Å². The number of benzene rings is 3. The SMILES string of the molecule is CCOC(=O)C(C)Oc1ccc(SCc2ccc3nc(-c4ccc(C(F)(F)F)cc4)sc3c2)cc1. The summed E-state index contributed by atoms with van der Waals surface area (Å²) in [6.45, 7) is 3.71. The van der Waals surface area contributed by atoms with Gasteiger partial charge in [0.2, 0.25) is 0 Å². The average molecular weight is 518 g/mol. The van der Waals surface area contributed by atoms with E-state index in [4.69, 9.17) is 9.47 Å². The fourth-order valence-electron chi connectivity index (χ4n) is 3.28. The number of thioether (sulfide) groups is 1. The summed E-state index contributed by atoms with van der Waals surface area (Å²) in [7, 11) is 0. The number of carbonyl (C=O) groups is 1. The third-order valence-electron chi connectivity index (χ3n) is 5.07. The maximum atomic E-state index is 12.8. The van der Waals surface area contributed by atoms with Crippen LogP contribution in [0.1, 0.15) is 25.0 Å². The van der Waals surface area contributed by atoms with Crippen LogP contribution in [0.2, 0.25) is 0 Å². The first-order valence-electron chi connectivity index (χ1n) is 10.9. The highest BCUT2D eigenvalue weighted by atomic mass is 32.2. The van der Waals surface area contributed by atoms with Crippen LogP contribution in [-0.4, -0.2) is 23.7 Å². The van der Waals surface area contributed by atoms with Crippen molar-refractivity contribution in [3.8, 4) is 16.3 Å². The van der Waals surface area contributed by atoms with E-state index in [1.807, 2.05) is 36.4 Å². The van der Waals surface area contributed by atoms with Crippen molar-refractivity contribution in [1.82, 2.24) is 4.98 Å². The molecule has 9 heteroatoms. The summed E-state index contributed by atoms with van der Waals surface area (Å²) in [5.41, 5.74) is 1.92. The van der Waals surface area contributed by atoms with E-state index in [2.05, 4.69) is 11.1 Å². The Morgan fingerprint density at radius 2 is 1.77 bits per heavy atom. The van der Waals surface area contributed by atoms with Crippen LogP contribution >= 0.6 is 23.1 Å². The molecule has 3 aromatic carbocycles. The fraction of sp³-hybridized carbons (Fsp3) is 0.231. The molecule has 4 aromatic rings. The first kappa shape index (κ1) is 25.1. The molecule has 0 spiro atoms. The van der Waals surface area contributed by atoms with Gasteiger partial charge in [0, 0.05) is 16.2 Å². The maximum absolute atomic E-state index is 12.8. The molecule has 0 fully saturated rings. The van der Waals surface area contributed by atoms with E-state index in [-0.39, 0.29) is 0 Å². The molecule has 1 heterocycles. The van der Waals surface area contributed by atoms with Gasteiger partial charge in [-0.15, -0.1) is 23.1 Å². The lowest BCUT2D eigenvalue weighted by Gasteiger charge is -2.13. The summed E-state index contributed by atoms with van der Waals surface area (Å²) in [5.74, 6) is 0.936. The lowest BCUT2D eigenvalue weighted by Crippen LogP contribution is -2.25. The molecule has 0 saturated carbocycles. The largest absolute Gasteiger partial charge is 0.479 e. The normalized spacial score (nSPS) is 12.5. The number of fused-ring (bicyclic) bond motifs is 1. The van der Waals surface area contributed by atoms with Gasteiger partial charge in [-0.25, -0.2) is 9.78 Å². The third kappa shape index (κ3) is 6.35. The molecule has 1 atom stereocenters. The van der Waals surface area contributed by atoms with Crippen LogP contribution in [0.5, 0.6) is 5.75 Å². The van der Waals surface area contributed by atoms with Crippen molar-refractivity contribution >= 4 is 39.3 Å². The number of alkyl halides is 3. The number of esters is 1. The first-order chi connectivity index (χ1) is 16.7. The van der Waals surface area contributed by atoms with Crippen LogP contribution in [0.25, 0.3) is 20.8 Å². The van der Waals surface area contributed by atoms with E-state index < -0.39 is 23.8 Å². The highest BCUT2D eigenvalue weighted by Crippen LogP contribution is 2.35. The zero-order valence-corrected chi connectivity index (χ0v) is 20.6. The van der Waals surface area contributed by atoms with Crippen LogP contribution in [0.3, 0.4) is 0 Å². The summed E-state index contributed by atoms with van der Waals surface area (Å²) in [4.78, 5) is 17.3. The lowest BCUT2D eigenvalue weighted by atomic mass is 10.1. The number of rotatable bonds is 8. The second kappa shape index (κ2) is 10.7. The fourth-order valence-corrected chi connectivity index (χ4v) is 5.15. The molecule has 0 aliphatic rings. The van der Waals surface area contributed by atoms with Crippen LogP contribution in [0, 0.1) is 0 Å². The van der Waals surface area contributed by atoms with Crippen molar-refractivity contribution in [1.29, 1.82) is 0 Å². The van der Waals surface area contributed by atoms with Crippen molar-refractivity contribution < 1.29 is 27.4 Å². The van der Waals surface area contributed by atoms with Crippen molar-refractivity contribution in [2.45, 2.75) is 36.8 Å². The minimum absolute atomic E-state index is 0.311. The molecule has 0 amide bonds. The first-order valence-corrected chi connectivity index (χ1v) is 12.7. The molecular formula is C26H22F3NO3S2. The van der Waals surface area contributed by atoms with Crippen LogP contribution in [0.15, 0.2) is 71.6 Å². The summed E-state index contributed by atoms with van der Waals surface area (Å²) >= 11 is 3.12. The average Bonchev–Trinajstić information content (AvgIpc) is 3.27. The van der Waals surface area contributed by atoms with Crippen molar-refractivity contribution in [3.63, 3.8) is 0 Å². The van der Waals surface area contributed by atoms with Crippen molar-refractivity contribution in [3.05, 3.63) is 77.9 Å². The summed E-state index contributed by atoms with van der Waals surface area (Å²) in [5, 5.41) is 0.686. The summed E-state index contributed by atoms with van der Waals surface area (Å²) in [6.07, 6.45) is -5.03. The molecule has 4 rings (SSSR count). The quantitative estimate of drug-likeness (QED) is 0.178. The minimum Gasteiger partial charge on any atom is -0.479 e. The predicted molar refractivity (Wildman–Crippen MR) is 133 cm³/mol. The minimum atomic E-state index is -4.35. The predicted octanol–water partition coefficient (Wildman–Crippen LogP) is 7.60. The highest BCUT2D eigenvalue weighted by molar-refractivity contribution is 7.98. The Morgan fingerprint density at radius 3 is 2.43 bits per heavy atom. The number of carbonyl (C=O) groups excluding carboxylic acids is 1. The van der Waals surface area contributed by atoms with Crippen LogP contribution < -0.4 is 4.74 Å². The summed E-state index contributed by atoms with van der Waals surface area (Å²) < 4.78 is 50.0. The molecule has 0 aliphatic carbocycles. The van der Waals surface area contributed by atoms with E-state index in [1.165, 1.54) is 23.5 Å². The maximum Gasteiger partial charge on any atom is 0.416 e. The number of hydrogen-bond acceptors (Lipinski definition) is 6. The van der Waals surface area contributed by atoms with Gasteiger partial charge in [0.25, 0.3) is 0 Å². The van der Waals surface area contributed by atoms with Crippen LogP contribution in [0.4, 0.5) is 13.2 Å². The van der Waals surface area contributed by atoms with Gasteiger partial charge in [-0.3, -0.25) is 0 Å². The molecule has 0 saturated heterocycles. The van der Waals surface area contributed by atoms with E-state index in [9.17, 15) is 18.0 Å². The smallest absolute Gasteiger partial charge is 0.416 e. The molecule has 0 aliphatic heterocycles. The van der Waals surface area contributed by atoms with Gasteiger partial charge >= 0.3 is 12.1 Å². The molecular weight excluding hydrogens is 495 g/mol. The molecule has 0 N–H and O–H groups in total. The Hall–Kier alpha value is -3.04. The Kier molecular flexibility index (Phi) is 7.66. The number of halogens is 3. The van der Waals surface area contributed by atoms with Gasteiger partial charge < -0.3 is 9.47 Å². The molecule has 0 bridgehead atoms. The van der Waals surface area contributed by atoms with E-state index >= 15 is 0 Å². The Morgan fingerprint density at radius 1 is 1.06 bits per heavy atom. The van der Waals surface area contributed by atoms with Gasteiger partial charge in [-0.1, -0.05) is 18.2 Å². The van der Waals surface area contributed by atoms with E-state index in [0.29, 0.717) is 22.9 Å². The highest BCUT2D eigenvalue weighted by Gasteiger charge is 2.30. The zero-order chi connectivity index (χ0) is 25.0. The Bertz CT molecular complexity index is 1300. The number of thiazole rings is 1. The molecule has 1 unspecified atom stereocenters. The van der Waals surface area contributed by atoms with Gasteiger partial charge in [0.05, 0.1) is 22.4 Å². The van der Waals surface area contributed by atoms with Gasteiger partial charge in [-0.2, -0.15) is 13.2 Å². The molecule has 35 heavy (non-hydrogen) atoms. The molecule has 182 valence electrons. The Labute approximate surface area is 209 Å². The van der Waals surface area contributed by atoms with Gasteiger partial charge in [0.1, 0.15) is 10.8 Å². The molecule has 1 aromatic heterocycles. The number of aromatic nitrogens is 1. The lowest BCUT2D eigenvalue weighted by molar-refractivity contribution is -0.150. The molecule has 4 nitrogen and oxygen atoms in total. The zero-order valence-electron chi connectivity index (χ0n) is 19.0. The molecule has 0 radical (unpaired) electrons. The summed E-state index contributed by atoms with van der Waals surface area (Å²) in [6, 6.07) is 18.6. The number of ether oxygens (including phenoxy) is 2. The van der Waals surface area contributed by atoms with E-state index in [0.717, 1.165) is 38.6 Å². The van der Waals surface area contributed by atoms with Gasteiger partial charge in [0.15, 0.2) is 6.10 Å². The number of hydrogen-bond donors (Lipinski definition) is 0. The second-order valence-electron chi connectivity index (χ2n) is 7.67. The number of nitrogens with zero attached hydrogens (tertiary/aromatic N) is 1. The third-order valence-corrected chi connectivity index (χ3v) is 7.22. The topological polar surface area (TPSA) is 48.4 Å². The van der Waals surface area contributed by atoms with Crippen molar-refractivity contribution in [2.75, 3.05) is 6.61 Å². The van der Waals surface area contributed by atoms with E-state index in [1.54, 1.807) is 25.6 Å². The monoisotopic (exact) mass is 517 g/mol. The standard InChI is InChI=1S/C26H22F3NO3S2/c1-3-32-25(31)16(2)33-20-9-11-21(12-10-20)34-15-17-4-13-22-23(14-17)35-24(30-22)18-5-7-19(8-6-18)26(27,28)29/h4-14,16H,3,15H2,1-2H3. The van der Waals surface area contributed by atoms with Gasteiger partial charge in [-0.05, 0) is 67.9 Å². The Balaban J connectivity index is 1.39. The van der Waals surface area contributed by atoms with Crippen LogP contribution in [-0.2, 0) is 21.5 Å². The second-order valence-corrected chi connectivity index (χ2v) is 9.75.